The summed E-state index contributed by atoms with van der Waals surface area (Å²) in [7, 11) is 2.01. The third-order valence-electron chi connectivity index (χ3n) is 6.63. The van der Waals surface area contributed by atoms with Crippen molar-refractivity contribution in [2.24, 2.45) is 16.8 Å². The lowest BCUT2D eigenvalue weighted by Gasteiger charge is -2.34. The molecule has 0 bridgehead atoms. The fourth-order valence-electron chi connectivity index (χ4n) is 4.66. The minimum atomic E-state index is -0.444. The summed E-state index contributed by atoms with van der Waals surface area (Å²) in [4.78, 5) is 44.9. The number of carbonyl (C=O) groups excluding carboxylic acids is 3. The molecule has 1 aromatic carbocycles. The summed E-state index contributed by atoms with van der Waals surface area (Å²) >= 11 is 6.39. The number of benzene rings is 1. The number of nitrogens with one attached hydrogen (secondary N) is 1. The highest BCUT2D eigenvalue weighted by molar-refractivity contribution is 6.31. The number of hydrogen-bond donors (Lipinski definition) is 1. The molecule has 0 saturated carbocycles. The Bertz CT molecular complexity index is 1010. The number of carbonyl (C=O) groups is 3. The Morgan fingerprint density at radius 2 is 1.88 bits per heavy atom. The van der Waals surface area contributed by atoms with Gasteiger partial charge in [0.1, 0.15) is 0 Å². The first-order valence-corrected chi connectivity index (χ1v) is 11.8. The number of likely N-dealkylation sites (tertiary alicyclic amines) is 1. The summed E-state index contributed by atoms with van der Waals surface area (Å²) in [6, 6.07) is 3.55. The molecule has 0 spiro atoms. The number of dihydropyridines is 1. The van der Waals surface area contributed by atoms with Crippen LogP contribution in [0.5, 0.6) is 0 Å². The van der Waals surface area contributed by atoms with E-state index in [1.54, 1.807) is 19.9 Å². The number of piperidine rings is 1. The first-order valence-electron chi connectivity index (χ1n) is 11.4. The van der Waals surface area contributed by atoms with Crippen molar-refractivity contribution in [1.82, 2.24) is 10.2 Å². The van der Waals surface area contributed by atoms with E-state index in [1.807, 2.05) is 37.9 Å². The number of rotatable bonds is 6. The number of amides is 3. The second-order valence-electron chi connectivity index (χ2n) is 9.17. The molecule has 3 rings (SSSR count). The van der Waals surface area contributed by atoms with E-state index < -0.39 is 5.92 Å². The molecule has 2 aliphatic rings. The van der Waals surface area contributed by atoms with Crippen molar-refractivity contribution in [2.45, 2.75) is 40.5 Å². The Hall–Kier alpha value is -2.67. The average molecular weight is 473 g/mol. The second-order valence-corrected chi connectivity index (χ2v) is 9.61. The lowest BCUT2D eigenvalue weighted by molar-refractivity contribution is -0.130. The van der Waals surface area contributed by atoms with Crippen LogP contribution in [-0.2, 0) is 9.59 Å². The number of halogens is 1. The summed E-state index contributed by atoms with van der Waals surface area (Å²) in [5.74, 6) is -0.332. The number of nitrogens with zero attached hydrogens (tertiary/aromatic N) is 3. The van der Waals surface area contributed by atoms with Gasteiger partial charge in [0, 0.05) is 62.1 Å². The van der Waals surface area contributed by atoms with E-state index in [1.165, 1.54) is 0 Å². The number of aliphatic imine (C=N–C) groups is 1. The van der Waals surface area contributed by atoms with Crippen LogP contribution >= 0.6 is 11.6 Å². The molecule has 7 nitrogen and oxygen atoms in total. The van der Waals surface area contributed by atoms with E-state index in [-0.39, 0.29) is 24.3 Å². The second kappa shape index (κ2) is 10.5. The van der Waals surface area contributed by atoms with Gasteiger partial charge >= 0.3 is 0 Å². The molecule has 33 heavy (non-hydrogen) atoms. The van der Waals surface area contributed by atoms with Gasteiger partial charge in [-0.15, -0.1) is 0 Å². The molecular weight excluding hydrogens is 440 g/mol. The summed E-state index contributed by atoms with van der Waals surface area (Å²) in [5, 5.41) is 3.38. The van der Waals surface area contributed by atoms with Crippen molar-refractivity contribution in [1.29, 1.82) is 0 Å². The predicted molar refractivity (Wildman–Crippen MR) is 132 cm³/mol. The van der Waals surface area contributed by atoms with Crippen molar-refractivity contribution in [3.8, 4) is 0 Å². The molecule has 178 valence electrons. The SMILES string of the molecule is CC(=O)N1CCC(CN(C)c2cc(Cl)cc(C(=O)NCC3C(=O)N=C(C)C=C3C)c2C)CC1. The van der Waals surface area contributed by atoms with Gasteiger partial charge in [-0.05, 0) is 63.3 Å². The topological polar surface area (TPSA) is 82.1 Å². The zero-order chi connectivity index (χ0) is 24.3. The Labute approximate surface area is 200 Å². The normalized spacial score (nSPS) is 19.2. The smallest absolute Gasteiger partial charge is 0.254 e. The van der Waals surface area contributed by atoms with Crippen LogP contribution in [0.2, 0.25) is 5.02 Å². The van der Waals surface area contributed by atoms with Crippen LogP contribution in [0.25, 0.3) is 0 Å². The Morgan fingerprint density at radius 3 is 2.48 bits per heavy atom. The molecule has 1 atom stereocenters. The monoisotopic (exact) mass is 472 g/mol. The number of hydrogen-bond acceptors (Lipinski definition) is 4. The molecule has 2 aliphatic heterocycles. The molecule has 2 heterocycles. The standard InChI is InChI=1S/C25H33ClN4O3/c1-15-10-16(2)28-25(33)22(15)13-27-24(32)21-11-20(26)12-23(17(21)3)29(5)14-19-6-8-30(9-7-19)18(4)31/h10-12,19,22H,6-9,13-14H2,1-5H3,(H,27,32). The van der Waals surface area contributed by atoms with Crippen LogP contribution < -0.4 is 10.2 Å². The lowest BCUT2D eigenvalue weighted by Crippen LogP contribution is -2.40. The van der Waals surface area contributed by atoms with Gasteiger partial charge in [0.05, 0.1) is 5.92 Å². The minimum Gasteiger partial charge on any atom is -0.374 e. The van der Waals surface area contributed by atoms with Crippen molar-refractivity contribution in [3.63, 3.8) is 0 Å². The van der Waals surface area contributed by atoms with E-state index in [2.05, 4.69) is 15.2 Å². The third kappa shape index (κ3) is 6.02. The van der Waals surface area contributed by atoms with Gasteiger partial charge in [-0.3, -0.25) is 14.4 Å². The van der Waals surface area contributed by atoms with Crippen molar-refractivity contribution >= 4 is 40.7 Å². The summed E-state index contributed by atoms with van der Waals surface area (Å²) in [5.41, 5.74) is 3.83. The lowest BCUT2D eigenvalue weighted by atomic mass is 9.95. The van der Waals surface area contributed by atoms with Gasteiger partial charge in [0.15, 0.2) is 0 Å². The highest BCUT2D eigenvalue weighted by Gasteiger charge is 2.26. The van der Waals surface area contributed by atoms with Crippen LogP contribution in [-0.4, -0.2) is 61.6 Å². The Kier molecular flexibility index (Phi) is 7.95. The van der Waals surface area contributed by atoms with Crippen LogP contribution in [0.4, 0.5) is 5.69 Å². The molecule has 1 N–H and O–H groups in total. The highest BCUT2D eigenvalue weighted by atomic mass is 35.5. The van der Waals surface area contributed by atoms with Gasteiger partial charge in [-0.25, -0.2) is 4.99 Å². The quantitative estimate of drug-likeness (QED) is 0.685. The first kappa shape index (κ1) is 25.0. The average Bonchev–Trinajstić information content (AvgIpc) is 2.74. The number of anilines is 1. The predicted octanol–water partition coefficient (Wildman–Crippen LogP) is 3.64. The number of allylic oxidation sites excluding steroid dienone is 1. The molecule has 1 unspecified atom stereocenters. The molecule has 3 amide bonds. The van der Waals surface area contributed by atoms with Gasteiger partial charge in [0.2, 0.25) is 5.91 Å². The maximum Gasteiger partial charge on any atom is 0.254 e. The van der Waals surface area contributed by atoms with Gasteiger partial charge in [-0.2, -0.15) is 0 Å². The minimum absolute atomic E-state index is 0.130. The summed E-state index contributed by atoms with van der Waals surface area (Å²) in [6.07, 6.45) is 3.79. The van der Waals surface area contributed by atoms with E-state index in [0.29, 0.717) is 22.2 Å². The summed E-state index contributed by atoms with van der Waals surface area (Å²) < 4.78 is 0. The maximum atomic E-state index is 13.0. The molecule has 1 aromatic rings. The first-order chi connectivity index (χ1) is 15.6. The molecule has 8 heteroatoms. The van der Waals surface area contributed by atoms with Crippen LogP contribution in [0, 0.1) is 18.8 Å². The molecule has 0 radical (unpaired) electrons. The molecule has 1 fully saturated rings. The van der Waals surface area contributed by atoms with E-state index in [9.17, 15) is 14.4 Å². The van der Waals surface area contributed by atoms with E-state index >= 15 is 0 Å². The third-order valence-corrected chi connectivity index (χ3v) is 6.85. The maximum absolute atomic E-state index is 13.0. The van der Waals surface area contributed by atoms with Gasteiger partial charge in [-0.1, -0.05) is 17.2 Å². The van der Waals surface area contributed by atoms with Crippen molar-refractivity contribution in [2.75, 3.05) is 38.1 Å². The zero-order valence-corrected chi connectivity index (χ0v) is 20.8. The Morgan fingerprint density at radius 1 is 1.21 bits per heavy atom. The van der Waals surface area contributed by atoms with Crippen molar-refractivity contribution < 1.29 is 14.4 Å². The summed E-state index contributed by atoms with van der Waals surface area (Å²) in [6.45, 7) is 9.79. The van der Waals surface area contributed by atoms with E-state index in [0.717, 1.165) is 49.3 Å². The fraction of sp³-hybridized carbons (Fsp3) is 0.520. The van der Waals surface area contributed by atoms with Crippen LogP contribution in [0.15, 0.2) is 28.8 Å². The molecule has 0 aliphatic carbocycles. The zero-order valence-electron chi connectivity index (χ0n) is 20.1. The van der Waals surface area contributed by atoms with Crippen LogP contribution in [0.3, 0.4) is 0 Å². The Balaban J connectivity index is 1.67. The van der Waals surface area contributed by atoms with E-state index in [4.69, 9.17) is 11.6 Å². The van der Waals surface area contributed by atoms with Crippen molar-refractivity contribution in [3.05, 3.63) is 39.9 Å². The molecule has 1 saturated heterocycles. The molecular formula is C25H33ClN4O3. The van der Waals surface area contributed by atoms with Crippen LogP contribution in [0.1, 0.15) is 49.5 Å². The molecule has 0 aromatic heterocycles. The fourth-order valence-corrected chi connectivity index (χ4v) is 4.87. The highest BCUT2D eigenvalue weighted by Crippen LogP contribution is 2.29. The van der Waals surface area contributed by atoms with Gasteiger partial charge < -0.3 is 15.1 Å². The largest absolute Gasteiger partial charge is 0.374 e. The van der Waals surface area contributed by atoms with Gasteiger partial charge in [0.25, 0.3) is 11.8 Å².